The van der Waals surface area contributed by atoms with Crippen LogP contribution >= 0.6 is 11.6 Å². The molecule has 0 spiro atoms. The molecule has 30 heavy (non-hydrogen) atoms. The van der Waals surface area contributed by atoms with Crippen LogP contribution in [0.5, 0.6) is 0 Å². The Morgan fingerprint density at radius 1 is 1.17 bits per heavy atom. The summed E-state index contributed by atoms with van der Waals surface area (Å²) in [5, 5.41) is 9.37. The van der Waals surface area contributed by atoms with E-state index in [1.165, 1.54) is 6.07 Å². The van der Waals surface area contributed by atoms with Crippen LogP contribution in [0.25, 0.3) is 22.4 Å². The van der Waals surface area contributed by atoms with Crippen LogP contribution < -0.4 is 0 Å². The van der Waals surface area contributed by atoms with Crippen LogP contribution in [0.4, 0.5) is 4.39 Å². The number of aryl methyl sites for hydroxylation is 1. The Balaban J connectivity index is 1.43. The van der Waals surface area contributed by atoms with Crippen molar-refractivity contribution in [2.75, 3.05) is 0 Å². The Morgan fingerprint density at radius 3 is 2.63 bits per heavy atom. The van der Waals surface area contributed by atoms with Gasteiger partial charge < -0.3 is 13.7 Å². The highest BCUT2D eigenvalue weighted by molar-refractivity contribution is 6.30. The molecule has 2 heterocycles. The second-order valence-electron chi connectivity index (χ2n) is 7.34. The molecule has 0 N–H and O–H groups in total. The van der Waals surface area contributed by atoms with E-state index in [9.17, 15) is 9.18 Å². The number of para-hydroxylation sites is 1. The fourth-order valence-electron chi connectivity index (χ4n) is 3.47. The Labute approximate surface area is 176 Å². The van der Waals surface area contributed by atoms with E-state index in [0.717, 1.165) is 18.4 Å². The van der Waals surface area contributed by atoms with Crippen LogP contribution in [0, 0.1) is 12.7 Å². The topological polar surface area (TPSA) is 72.4 Å². The fraction of sp³-hybridized carbons (Fsp3) is 0.227. The van der Waals surface area contributed by atoms with Gasteiger partial charge in [0, 0.05) is 27.6 Å². The monoisotopic (exact) mass is 425 g/mol. The molecular formula is C22H17ClFN3O3. The summed E-state index contributed by atoms with van der Waals surface area (Å²) in [6, 6.07) is 11.8. The molecule has 1 aliphatic carbocycles. The average Bonchev–Trinajstić information content (AvgIpc) is 3.38. The predicted octanol–water partition coefficient (Wildman–Crippen LogP) is 5.39. The molecule has 0 unspecified atom stereocenters. The molecule has 6 nitrogen and oxygen atoms in total. The lowest BCUT2D eigenvalue weighted by Gasteiger charge is -2.19. The second-order valence-corrected chi connectivity index (χ2v) is 7.78. The third kappa shape index (κ3) is 3.35. The van der Waals surface area contributed by atoms with Gasteiger partial charge in [-0.2, -0.15) is 0 Å². The number of benzene rings is 2. The van der Waals surface area contributed by atoms with E-state index in [0.29, 0.717) is 27.8 Å². The zero-order chi connectivity index (χ0) is 20.8. The van der Waals surface area contributed by atoms with Crippen molar-refractivity contribution < 1.29 is 18.0 Å². The number of furan rings is 1. The van der Waals surface area contributed by atoms with E-state index in [2.05, 4.69) is 10.2 Å². The number of amides is 1. The summed E-state index contributed by atoms with van der Waals surface area (Å²) in [7, 11) is 0. The van der Waals surface area contributed by atoms with Gasteiger partial charge in [-0.3, -0.25) is 4.79 Å². The first-order valence-corrected chi connectivity index (χ1v) is 9.96. The van der Waals surface area contributed by atoms with Gasteiger partial charge >= 0.3 is 0 Å². The fourth-order valence-corrected chi connectivity index (χ4v) is 3.59. The Bertz CT molecular complexity index is 1240. The maximum Gasteiger partial charge on any atom is 0.290 e. The number of aromatic nitrogens is 2. The molecule has 1 aliphatic rings. The first kappa shape index (κ1) is 18.8. The average molecular weight is 426 g/mol. The largest absolute Gasteiger partial charge is 0.448 e. The van der Waals surface area contributed by atoms with Crippen molar-refractivity contribution in [2.24, 2.45) is 0 Å². The highest BCUT2D eigenvalue weighted by Crippen LogP contribution is 2.33. The lowest BCUT2D eigenvalue weighted by molar-refractivity contribution is 0.0683. The Morgan fingerprint density at radius 2 is 1.93 bits per heavy atom. The summed E-state index contributed by atoms with van der Waals surface area (Å²) < 4.78 is 25.5. The first-order valence-electron chi connectivity index (χ1n) is 9.58. The smallest absolute Gasteiger partial charge is 0.290 e. The predicted molar refractivity (Wildman–Crippen MR) is 109 cm³/mol. The molecule has 0 bridgehead atoms. The molecule has 152 valence electrons. The van der Waals surface area contributed by atoms with Crippen molar-refractivity contribution in [2.45, 2.75) is 32.4 Å². The molecular weight excluding hydrogens is 409 g/mol. The number of carbonyl (C=O) groups excluding carboxylic acids is 1. The minimum absolute atomic E-state index is 0.0702. The maximum absolute atomic E-state index is 14.1. The molecule has 0 aliphatic heterocycles. The minimum Gasteiger partial charge on any atom is -0.448 e. The van der Waals surface area contributed by atoms with E-state index in [4.69, 9.17) is 20.4 Å². The van der Waals surface area contributed by atoms with Gasteiger partial charge in [-0.15, -0.1) is 10.2 Å². The molecule has 2 aromatic heterocycles. The Kier molecular flexibility index (Phi) is 4.55. The first-order chi connectivity index (χ1) is 14.5. The van der Waals surface area contributed by atoms with Crippen LogP contribution in [-0.4, -0.2) is 27.0 Å². The van der Waals surface area contributed by atoms with Gasteiger partial charge in [-0.05, 0) is 50.1 Å². The molecule has 0 radical (unpaired) electrons. The summed E-state index contributed by atoms with van der Waals surface area (Å²) >= 11 is 5.92. The minimum atomic E-state index is -0.489. The number of nitrogens with zero attached hydrogens (tertiary/aromatic N) is 3. The van der Waals surface area contributed by atoms with Crippen molar-refractivity contribution in [1.29, 1.82) is 0 Å². The standard InChI is InChI=1S/C22H17ClFN3O3/c1-12-16-3-2-4-17(24)20(16)30-19(12)22(28)27(15-9-10-15)11-18-25-26-21(29-18)13-5-7-14(23)8-6-13/h2-8,15H,9-11H2,1H3. The Hall–Kier alpha value is -3.19. The summed E-state index contributed by atoms with van der Waals surface area (Å²) in [4.78, 5) is 14.9. The van der Waals surface area contributed by atoms with E-state index in [-0.39, 0.29) is 29.8 Å². The quantitative estimate of drug-likeness (QED) is 0.428. The molecule has 1 fully saturated rings. The molecule has 0 atom stereocenters. The zero-order valence-electron chi connectivity index (χ0n) is 16.1. The molecule has 4 aromatic rings. The summed E-state index contributed by atoms with van der Waals surface area (Å²) in [6.45, 7) is 1.91. The number of halogens is 2. The summed E-state index contributed by atoms with van der Waals surface area (Å²) in [5.74, 6) is 0.0143. The van der Waals surface area contributed by atoms with E-state index < -0.39 is 5.82 Å². The van der Waals surface area contributed by atoms with Crippen LogP contribution in [0.15, 0.2) is 51.3 Å². The third-order valence-corrected chi connectivity index (χ3v) is 5.47. The maximum atomic E-state index is 14.1. The van der Waals surface area contributed by atoms with Crippen molar-refractivity contribution in [3.63, 3.8) is 0 Å². The lowest BCUT2D eigenvalue weighted by Crippen LogP contribution is -2.32. The van der Waals surface area contributed by atoms with E-state index in [1.807, 2.05) is 0 Å². The van der Waals surface area contributed by atoms with Crippen LogP contribution in [0.1, 0.15) is 34.9 Å². The number of hydrogen-bond acceptors (Lipinski definition) is 5. The second kappa shape index (κ2) is 7.25. The zero-order valence-corrected chi connectivity index (χ0v) is 16.8. The van der Waals surface area contributed by atoms with Gasteiger partial charge in [-0.25, -0.2) is 4.39 Å². The number of rotatable bonds is 5. The van der Waals surface area contributed by atoms with Gasteiger partial charge in [0.25, 0.3) is 5.91 Å². The van der Waals surface area contributed by atoms with E-state index in [1.54, 1.807) is 48.2 Å². The van der Waals surface area contributed by atoms with Gasteiger partial charge in [0.2, 0.25) is 11.8 Å². The highest BCUT2D eigenvalue weighted by atomic mass is 35.5. The SMILES string of the molecule is Cc1c(C(=O)N(Cc2nnc(-c3ccc(Cl)cc3)o2)C2CC2)oc2c(F)cccc12. The van der Waals surface area contributed by atoms with Crippen molar-refractivity contribution in [1.82, 2.24) is 15.1 Å². The highest BCUT2D eigenvalue weighted by Gasteiger charge is 2.36. The molecule has 2 aromatic carbocycles. The van der Waals surface area contributed by atoms with Gasteiger partial charge in [0.05, 0.1) is 6.54 Å². The van der Waals surface area contributed by atoms with Crippen LogP contribution in [-0.2, 0) is 6.54 Å². The summed E-state index contributed by atoms with van der Waals surface area (Å²) in [6.07, 6.45) is 1.77. The normalized spacial score (nSPS) is 13.7. The number of fused-ring (bicyclic) bond motifs is 1. The molecule has 8 heteroatoms. The molecule has 0 saturated heterocycles. The lowest BCUT2D eigenvalue weighted by atomic mass is 10.1. The van der Waals surface area contributed by atoms with Crippen LogP contribution in [0.3, 0.4) is 0 Å². The van der Waals surface area contributed by atoms with Crippen molar-refractivity contribution >= 4 is 28.5 Å². The molecule has 1 saturated carbocycles. The third-order valence-electron chi connectivity index (χ3n) is 5.22. The molecule has 1 amide bonds. The number of carbonyl (C=O) groups is 1. The molecule has 5 rings (SSSR count). The van der Waals surface area contributed by atoms with Gasteiger partial charge in [-0.1, -0.05) is 23.7 Å². The van der Waals surface area contributed by atoms with E-state index >= 15 is 0 Å². The van der Waals surface area contributed by atoms with Crippen molar-refractivity contribution in [3.8, 4) is 11.5 Å². The van der Waals surface area contributed by atoms with Crippen molar-refractivity contribution in [3.05, 3.63) is 70.5 Å². The van der Waals surface area contributed by atoms with Gasteiger partial charge in [0.1, 0.15) is 0 Å². The van der Waals surface area contributed by atoms with Gasteiger partial charge in [0.15, 0.2) is 17.2 Å². The number of hydrogen-bond donors (Lipinski definition) is 0. The summed E-state index contributed by atoms with van der Waals surface area (Å²) in [5.41, 5.74) is 1.45. The van der Waals surface area contributed by atoms with Crippen LogP contribution in [0.2, 0.25) is 5.02 Å².